The second kappa shape index (κ2) is 9.96. The summed E-state index contributed by atoms with van der Waals surface area (Å²) in [4.78, 5) is 18.5. The molecule has 5 aromatic rings. The van der Waals surface area contributed by atoms with Crippen molar-refractivity contribution in [2.24, 2.45) is 0 Å². The first kappa shape index (κ1) is 23.6. The molecule has 3 N–H and O–H groups in total. The SMILES string of the molecule is C/C=C/c1cc(Nc2cc(N3CCC(n4cncn4)CC3)nc(Oc3ccc4[nH]c(C)cc4c3F)n2)n[nH]1. The van der Waals surface area contributed by atoms with Crippen LogP contribution in [0.25, 0.3) is 17.0 Å². The molecule has 0 saturated carbocycles. The fraction of sp³-hybridized carbons (Fsp3) is 0.269. The third kappa shape index (κ3) is 4.80. The first-order chi connectivity index (χ1) is 18.6. The van der Waals surface area contributed by atoms with Crippen LogP contribution in [0, 0.1) is 12.7 Å². The number of aromatic amines is 2. The lowest BCUT2D eigenvalue weighted by molar-refractivity contribution is 0.363. The maximum atomic E-state index is 15.3. The average Bonchev–Trinajstić information content (AvgIpc) is 3.68. The summed E-state index contributed by atoms with van der Waals surface area (Å²) < 4.78 is 23.1. The molecule has 0 radical (unpaired) electrons. The first-order valence-electron chi connectivity index (χ1n) is 12.4. The molecule has 6 rings (SSSR count). The highest BCUT2D eigenvalue weighted by molar-refractivity contribution is 5.82. The highest BCUT2D eigenvalue weighted by atomic mass is 19.1. The van der Waals surface area contributed by atoms with E-state index >= 15 is 4.39 Å². The Morgan fingerprint density at radius 3 is 2.79 bits per heavy atom. The Balaban J connectivity index is 1.30. The Morgan fingerprint density at radius 2 is 2.00 bits per heavy atom. The number of ether oxygens (including phenoxy) is 1. The van der Waals surface area contributed by atoms with E-state index in [0.717, 1.165) is 37.3 Å². The van der Waals surface area contributed by atoms with Gasteiger partial charge in [-0.15, -0.1) is 0 Å². The fourth-order valence-corrected chi connectivity index (χ4v) is 4.71. The van der Waals surface area contributed by atoms with Gasteiger partial charge < -0.3 is 19.9 Å². The van der Waals surface area contributed by atoms with Crippen LogP contribution in [0.2, 0.25) is 0 Å². The zero-order chi connectivity index (χ0) is 26.1. The highest BCUT2D eigenvalue weighted by Crippen LogP contribution is 2.32. The standard InChI is InChI=1S/C26H27FN10O/c1-3-4-17-12-23(35-34-17)31-22-13-24(36-9-7-18(8-10-36)37-15-28-14-29-37)33-26(32-22)38-21-6-5-20-19(25(21)27)11-16(2)30-20/h3-6,11-15,18,30H,7-10H2,1-2H3,(H2,31,32,33,34,35)/b4-3+. The van der Waals surface area contributed by atoms with Gasteiger partial charge in [-0.3, -0.25) is 5.10 Å². The van der Waals surface area contributed by atoms with E-state index in [-0.39, 0.29) is 17.8 Å². The van der Waals surface area contributed by atoms with Gasteiger partial charge in [0.2, 0.25) is 0 Å². The summed E-state index contributed by atoms with van der Waals surface area (Å²) >= 11 is 0. The van der Waals surface area contributed by atoms with Crippen molar-refractivity contribution in [2.75, 3.05) is 23.3 Å². The van der Waals surface area contributed by atoms with E-state index in [2.05, 4.69) is 45.4 Å². The second-order valence-corrected chi connectivity index (χ2v) is 9.21. The topological polar surface area (TPSA) is 125 Å². The zero-order valence-corrected chi connectivity index (χ0v) is 21.0. The number of aryl methyl sites for hydroxylation is 1. The van der Waals surface area contributed by atoms with Crippen LogP contribution < -0.4 is 15.0 Å². The molecule has 12 heteroatoms. The Morgan fingerprint density at radius 1 is 1.13 bits per heavy atom. The molecule has 1 aliphatic heterocycles. The highest BCUT2D eigenvalue weighted by Gasteiger charge is 2.24. The number of aromatic nitrogens is 8. The summed E-state index contributed by atoms with van der Waals surface area (Å²) in [5.41, 5.74) is 2.43. The minimum absolute atomic E-state index is 0.0399. The van der Waals surface area contributed by atoms with Crippen molar-refractivity contribution in [1.82, 2.24) is 39.9 Å². The van der Waals surface area contributed by atoms with Crippen LogP contribution in [0.1, 0.15) is 37.2 Å². The van der Waals surface area contributed by atoms with Gasteiger partial charge in [-0.05, 0) is 51.0 Å². The third-order valence-electron chi connectivity index (χ3n) is 6.53. The van der Waals surface area contributed by atoms with E-state index in [1.165, 1.54) is 0 Å². The molecule has 194 valence electrons. The Labute approximate surface area is 217 Å². The molecular formula is C26H27FN10O. The predicted molar refractivity (Wildman–Crippen MR) is 142 cm³/mol. The molecule has 1 aliphatic rings. The van der Waals surface area contributed by atoms with Crippen LogP contribution in [0.3, 0.4) is 0 Å². The van der Waals surface area contributed by atoms with Gasteiger partial charge >= 0.3 is 6.01 Å². The van der Waals surface area contributed by atoms with E-state index in [1.54, 1.807) is 30.9 Å². The monoisotopic (exact) mass is 514 g/mol. The molecule has 1 saturated heterocycles. The van der Waals surface area contributed by atoms with E-state index < -0.39 is 5.82 Å². The molecule has 5 heterocycles. The van der Waals surface area contributed by atoms with Crippen molar-refractivity contribution in [3.05, 3.63) is 66.3 Å². The van der Waals surface area contributed by atoms with E-state index in [4.69, 9.17) is 4.74 Å². The van der Waals surface area contributed by atoms with Gasteiger partial charge in [0.1, 0.15) is 24.3 Å². The molecule has 0 amide bonds. The summed E-state index contributed by atoms with van der Waals surface area (Å²) in [6.07, 6.45) is 8.92. The number of anilines is 3. The van der Waals surface area contributed by atoms with Gasteiger partial charge in [0.15, 0.2) is 17.4 Å². The summed E-state index contributed by atoms with van der Waals surface area (Å²) in [6.45, 7) is 5.34. The number of benzene rings is 1. The van der Waals surface area contributed by atoms with Crippen LogP contribution in [0.4, 0.5) is 21.8 Å². The lowest BCUT2D eigenvalue weighted by Crippen LogP contribution is -2.35. The smallest absolute Gasteiger partial charge is 0.326 e. The Kier molecular flexibility index (Phi) is 6.20. The minimum Gasteiger partial charge on any atom is -0.421 e. The Hall–Kier alpha value is -4.74. The van der Waals surface area contributed by atoms with Crippen molar-refractivity contribution in [2.45, 2.75) is 32.7 Å². The lowest BCUT2D eigenvalue weighted by atomic mass is 10.1. The van der Waals surface area contributed by atoms with Crippen molar-refractivity contribution in [3.8, 4) is 11.8 Å². The predicted octanol–water partition coefficient (Wildman–Crippen LogP) is 5.13. The quantitative estimate of drug-likeness (QED) is 0.273. The maximum absolute atomic E-state index is 15.3. The number of nitrogens with one attached hydrogen (secondary N) is 3. The zero-order valence-electron chi connectivity index (χ0n) is 21.0. The van der Waals surface area contributed by atoms with Crippen molar-refractivity contribution >= 4 is 34.4 Å². The van der Waals surface area contributed by atoms with Crippen LogP contribution >= 0.6 is 0 Å². The second-order valence-electron chi connectivity index (χ2n) is 9.21. The maximum Gasteiger partial charge on any atom is 0.326 e. The van der Waals surface area contributed by atoms with Crippen molar-refractivity contribution in [3.63, 3.8) is 0 Å². The van der Waals surface area contributed by atoms with Crippen LogP contribution in [0.5, 0.6) is 11.8 Å². The van der Waals surface area contributed by atoms with Crippen molar-refractivity contribution < 1.29 is 9.13 Å². The molecule has 38 heavy (non-hydrogen) atoms. The van der Waals surface area contributed by atoms with E-state index in [9.17, 15) is 0 Å². The van der Waals surface area contributed by atoms with Gasteiger partial charge in [-0.1, -0.05) is 6.08 Å². The van der Waals surface area contributed by atoms with E-state index in [0.29, 0.717) is 28.4 Å². The summed E-state index contributed by atoms with van der Waals surface area (Å²) in [5, 5.41) is 15.2. The van der Waals surface area contributed by atoms with Crippen LogP contribution in [-0.4, -0.2) is 53.0 Å². The average molecular weight is 515 g/mol. The molecule has 0 bridgehead atoms. The largest absolute Gasteiger partial charge is 0.421 e. The number of piperidine rings is 1. The minimum atomic E-state index is -0.465. The summed E-state index contributed by atoms with van der Waals surface area (Å²) in [7, 11) is 0. The Bertz CT molecular complexity index is 1580. The number of rotatable bonds is 7. The number of hydrogen-bond acceptors (Lipinski definition) is 8. The molecule has 0 unspecified atom stereocenters. The first-order valence-corrected chi connectivity index (χ1v) is 12.4. The molecule has 1 aromatic carbocycles. The molecule has 0 aliphatic carbocycles. The fourth-order valence-electron chi connectivity index (χ4n) is 4.71. The molecule has 1 fully saturated rings. The molecule has 0 atom stereocenters. The van der Waals surface area contributed by atoms with Crippen LogP contribution in [-0.2, 0) is 0 Å². The number of halogens is 1. The van der Waals surface area contributed by atoms with Gasteiger partial charge in [-0.25, -0.2) is 14.1 Å². The van der Waals surface area contributed by atoms with Crippen molar-refractivity contribution in [1.29, 1.82) is 0 Å². The number of H-pyrrole nitrogens is 2. The number of fused-ring (bicyclic) bond motifs is 1. The lowest BCUT2D eigenvalue weighted by Gasteiger charge is -2.32. The van der Waals surface area contributed by atoms with Gasteiger partial charge in [-0.2, -0.15) is 20.2 Å². The van der Waals surface area contributed by atoms with Gasteiger partial charge in [0.25, 0.3) is 0 Å². The van der Waals surface area contributed by atoms with Gasteiger partial charge in [0.05, 0.1) is 11.7 Å². The van der Waals surface area contributed by atoms with Gasteiger partial charge in [0, 0.05) is 41.8 Å². The molecule has 11 nitrogen and oxygen atoms in total. The normalized spacial score (nSPS) is 14.6. The molecule has 4 aromatic heterocycles. The van der Waals surface area contributed by atoms with Crippen LogP contribution in [0.15, 0.2) is 49.1 Å². The summed E-state index contributed by atoms with van der Waals surface area (Å²) in [6, 6.07) is 9.15. The number of hydrogen-bond donors (Lipinski definition) is 3. The third-order valence-corrected chi connectivity index (χ3v) is 6.53. The molecular weight excluding hydrogens is 487 g/mol. The molecule has 0 spiro atoms. The number of allylic oxidation sites excluding steroid dienone is 1. The van der Waals surface area contributed by atoms with E-state index in [1.807, 2.05) is 42.8 Å². The number of nitrogens with zero attached hydrogens (tertiary/aromatic N) is 7. The summed E-state index contributed by atoms with van der Waals surface area (Å²) in [5.74, 6) is 1.35.